The zero-order valence-corrected chi connectivity index (χ0v) is 14.6. The summed E-state index contributed by atoms with van der Waals surface area (Å²) < 4.78 is 2.04. The number of carboxylic acid groups (broad SMARTS) is 1. The van der Waals surface area contributed by atoms with Crippen LogP contribution in [-0.4, -0.2) is 38.9 Å². The van der Waals surface area contributed by atoms with Gasteiger partial charge in [0.05, 0.1) is 5.69 Å². The second-order valence-corrected chi connectivity index (χ2v) is 6.78. The van der Waals surface area contributed by atoms with E-state index in [1.165, 1.54) is 0 Å². The average molecular weight is 349 g/mol. The molecular weight excluding hydrogens is 328 g/mol. The lowest BCUT2D eigenvalue weighted by Gasteiger charge is -2.32. The van der Waals surface area contributed by atoms with Crippen LogP contribution in [0.5, 0.6) is 0 Å². The van der Waals surface area contributed by atoms with Crippen molar-refractivity contribution in [3.8, 4) is 5.69 Å². The van der Waals surface area contributed by atoms with Crippen molar-refractivity contribution in [1.82, 2.24) is 14.8 Å². The number of aryl methyl sites for hydroxylation is 2. The predicted molar refractivity (Wildman–Crippen MR) is 93.0 cm³/mol. The van der Waals surface area contributed by atoms with E-state index >= 15 is 0 Å². The number of benzene rings is 1. The number of piperidine rings is 1. The number of carbonyl (C=O) groups is 1. The molecular formula is C17H21ClN4O2. The average Bonchev–Trinajstić information content (AvgIpc) is 2.89. The molecule has 0 atom stereocenters. The summed E-state index contributed by atoms with van der Waals surface area (Å²) in [4.78, 5) is 13.1. The van der Waals surface area contributed by atoms with Crippen molar-refractivity contribution in [3.05, 3.63) is 34.6 Å². The van der Waals surface area contributed by atoms with Crippen LogP contribution < -0.4 is 4.90 Å². The minimum atomic E-state index is -0.718. The van der Waals surface area contributed by atoms with Gasteiger partial charge in [0, 0.05) is 24.5 Å². The number of aromatic nitrogens is 3. The number of aliphatic carboxylic acids is 1. The minimum Gasteiger partial charge on any atom is -0.481 e. The Morgan fingerprint density at radius 1 is 1.29 bits per heavy atom. The summed E-state index contributed by atoms with van der Waals surface area (Å²) in [5, 5.41) is 18.3. The van der Waals surface area contributed by atoms with Gasteiger partial charge in [0.15, 0.2) is 0 Å². The molecule has 0 spiro atoms. The van der Waals surface area contributed by atoms with Crippen LogP contribution in [0.25, 0.3) is 5.69 Å². The number of carboxylic acids is 1. The van der Waals surface area contributed by atoms with E-state index in [0.717, 1.165) is 49.0 Å². The predicted octanol–water partition coefficient (Wildman–Crippen LogP) is 3.23. The summed E-state index contributed by atoms with van der Waals surface area (Å²) in [5.74, 6) is 1.16. The summed E-state index contributed by atoms with van der Waals surface area (Å²) in [5.41, 5.74) is 2.08. The highest BCUT2D eigenvalue weighted by Crippen LogP contribution is 2.28. The largest absolute Gasteiger partial charge is 0.481 e. The van der Waals surface area contributed by atoms with E-state index in [0.29, 0.717) is 5.02 Å². The number of hydrogen-bond donors (Lipinski definition) is 1. The van der Waals surface area contributed by atoms with Crippen LogP contribution >= 0.6 is 11.6 Å². The van der Waals surface area contributed by atoms with E-state index in [2.05, 4.69) is 15.1 Å². The molecule has 0 bridgehead atoms. The molecule has 6 nitrogen and oxygen atoms in total. The third kappa shape index (κ3) is 3.38. The molecule has 0 radical (unpaired) electrons. The molecule has 0 saturated carbocycles. The maximum atomic E-state index is 10.9. The van der Waals surface area contributed by atoms with Crippen molar-refractivity contribution in [2.75, 3.05) is 18.0 Å². The van der Waals surface area contributed by atoms with Crippen molar-refractivity contribution in [2.45, 2.75) is 33.1 Å². The van der Waals surface area contributed by atoms with Crippen molar-refractivity contribution in [2.24, 2.45) is 5.92 Å². The van der Waals surface area contributed by atoms with Gasteiger partial charge < -0.3 is 10.0 Å². The fourth-order valence-electron chi connectivity index (χ4n) is 3.29. The molecule has 1 aliphatic rings. The Morgan fingerprint density at radius 3 is 2.62 bits per heavy atom. The lowest BCUT2D eigenvalue weighted by Crippen LogP contribution is -2.36. The van der Waals surface area contributed by atoms with Gasteiger partial charge in [0.25, 0.3) is 0 Å². The van der Waals surface area contributed by atoms with Crippen LogP contribution in [0.4, 0.5) is 5.95 Å². The summed E-state index contributed by atoms with van der Waals surface area (Å²) >= 11 is 6.07. The summed E-state index contributed by atoms with van der Waals surface area (Å²) in [7, 11) is 0. The van der Waals surface area contributed by atoms with Crippen LogP contribution in [-0.2, 0) is 4.79 Å². The number of nitrogens with zero attached hydrogens (tertiary/aromatic N) is 4. The molecule has 1 saturated heterocycles. The van der Waals surface area contributed by atoms with Gasteiger partial charge in [-0.1, -0.05) is 11.6 Å². The van der Waals surface area contributed by atoms with E-state index in [9.17, 15) is 4.79 Å². The van der Waals surface area contributed by atoms with Crippen molar-refractivity contribution in [1.29, 1.82) is 0 Å². The molecule has 1 fully saturated rings. The van der Waals surface area contributed by atoms with Gasteiger partial charge in [0.2, 0.25) is 5.95 Å². The third-order valence-corrected chi connectivity index (χ3v) is 4.80. The maximum Gasteiger partial charge on any atom is 0.303 e. The topological polar surface area (TPSA) is 71.2 Å². The number of rotatable bonds is 4. The molecule has 2 heterocycles. The first-order chi connectivity index (χ1) is 11.5. The Kier molecular flexibility index (Phi) is 4.76. The number of hydrogen-bond acceptors (Lipinski definition) is 4. The van der Waals surface area contributed by atoms with Crippen LogP contribution in [0.15, 0.2) is 18.2 Å². The summed E-state index contributed by atoms with van der Waals surface area (Å²) in [6.07, 6.45) is 1.96. The van der Waals surface area contributed by atoms with Crippen molar-refractivity contribution in [3.63, 3.8) is 0 Å². The van der Waals surface area contributed by atoms with E-state index in [1.807, 2.05) is 36.6 Å². The summed E-state index contributed by atoms with van der Waals surface area (Å²) in [6.45, 7) is 5.54. The molecule has 128 valence electrons. The van der Waals surface area contributed by atoms with E-state index in [1.54, 1.807) is 0 Å². The lowest BCUT2D eigenvalue weighted by atomic mass is 9.94. The standard InChI is InChI=1S/C17H21ClN4O2/c1-11-9-14(18)3-4-15(11)22-12(2)19-20-17(22)21-7-5-13(6-8-21)10-16(23)24/h3-4,9,13H,5-8,10H2,1-2H3,(H,23,24). The first-order valence-electron chi connectivity index (χ1n) is 8.11. The maximum absolute atomic E-state index is 10.9. The van der Waals surface area contributed by atoms with Crippen LogP contribution in [0.1, 0.15) is 30.7 Å². The molecule has 2 aromatic rings. The second kappa shape index (κ2) is 6.81. The SMILES string of the molecule is Cc1cc(Cl)ccc1-n1c(C)nnc1N1CCC(CC(=O)O)CC1. The molecule has 0 amide bonds. The molecule has 24 heavy (non-hydrogen) atoms. The molecule has 3 rings (SSSR count). The van der Waals surface area contributed by atoms with E-state index in [-0.39, 0.29) is 12.3 Å². The van der Waals surface area contributed by atoms with Crippen molar-refractivity contribution >= 4 is 23.5 Å². The highest BCUT2D eigenvalue weighted by atomic mass is 35.5. The molecule has 0 aliphatic carbocycles. The van der Waals surface area contributed by atoms with Gasteiger partial charge in [-0.3, -0.25) is 9.36 Å². The molecule has 1 aliphatic heterocycles. The lowest BCUT2D eigenvalue weighted by molar-refractivity contribution is -0.138. The quantitative estimate of drug-likeness (QED) is 0.918. The Balaban J connectivity index is 1.85. The van der Waals surface area contributed by atoms with Gasteiger partial charge in [-0.25, -0.2) is 0 Å². The van der Waals surface area contributed by atoms with Gasteiger partial charge in [-0.15, -0.1) is 10.2 Å². The molecule has 7 heteroatoms. The fourth-order valence-corrected chi connectivity index (χ4v) is 3.52. The van der Waals surface area contributed by atoms with Gasteiger partial charge in [0.1, 0.15) is 5.82 Å². The normalized spacial score (nSPS) is 15.7. The minimum absolute atomic E-state index is 0.244. The zero-order chi connectivity index (χ0) is 17.3. The molecule has 0 unspecified atom stereocenters. The zero-order valence-electron chi connectivity index (χ0n) is 13.9. The molecule has 1 aromatic carbocycles. The van der Waals surface area contributed by atoms with Crippen LogP contribution in [0.2, 0.25) is 5.02 Å². The first-order valence-corrected chi connectivity index (χ1v) is 8.49. The Hall–Kier alpha value is -2.08. The second-order valence-electron chi connectivity index (χ2n) is 6.34. The smallest absolute Gasteiger partial charge is 0.303 e. The van der Waals surface area contributed by atoms with E-state index in [4.69, 9.17) is 16.7 Å². The fraction of sp³-hybridized carbons (Fsp3) is 0.471. The van der Waals surface area contributed by atoms with Crippen LogP contribution in [0, 0.1) is 19.8 Å². The van der Waals surface area contributed by atoms with Gasteiger partial charge >= 0.3 is 5.97 Å². The first kappa shape index (κ1) is 16.8. The number of anilines is 1. The van der Waals surface area contributed by atoms with Crippen LogP contribution in [0.3, 0.4) is 0 Å². The van der Waals surface area contributed by atoms with Crippen molar-refractivity contribution < 1.29 is 9.90 Å². The Bertz CT molecular complexity index is 751. The molecule has 1 N–H and O–H groups in total. The van der Waals surface area contributed by atoms with E-state index < -0.39 is 5.97 Å². The third-order valence-electron chi connectivity index (χ3n) is 4.57. The summed E-state index contributed by atoms with van der Waals surface area (Å²) in [6, 6.07) is 5.78. The molecule has 1 aromatic heterocycles. The Labute approximate surface area is 146 Å². The Morgan fingerprint density at radius 2 is 2.00 bits per heavy atom. The highest BCUT2D eigenvalue weighted by molar-refractivity contribution is 6.30. The van der Waals surface area contributed by atoms with Gasteiger partial charge in [-0.2, -0.15) is 0 Å². The van der Waals surface area contributed by atoms with Gasteiger partial charge in [-0.05, 0) is 56.4 Å². The highest BCUT2D eigenvalue weighted by Gasteiger charge is 2.25. The number of halogens is 1. The monoisotopic (exact) mass is 348 g/mol.